The lowest BCUT2D eigenvalue weighted by molar-refractivity contribution is 0.0952. The van der Waals surface area contributed by atoms with Gasteiger partial charge in [-0.3, -0.25) is 4.79 Å². The Hall–Kier alpha value is -2.73. The summed E-state index contributed by atoms with van der Waals surface area (Å²) in [6.07, 6.45) is 5.22. The fourth-order valence-electron chi connectivity index (χ4n) is 4.00. The molecule has 29 heavy (non-hydrogen) atoms. The summed E-state index contributed by atoms with van der Waals surface area (Å²) in [5.74, 6) is 0.590. The average molecular weight is 392 g/mol. The van der Waals surface area contributed by atoms with Gasteiger partial charge >= 0.3 is 0 Å². The van der Waals surface area contributed by atoms with Crippen molar-refractivity contribution in [2.45, 2.75) is 39.2 Å². The quantitative estimate of drug-likeness (QED) is 0.670. The molecule has 4 rings (SSSR count). The third-order valence-corrected chi connectivity index (χ3v) is 5.61. The predicted octanol–water partition coefficient (Wildman–Crippen LogP) is 3.80. The van der Waals surface area contributed by atoms with Crippen LogP contribution in [0.25, 0.3) is 22.3 Å². The zero-order chi connectivity index (χ0) is 20.2. The van der Waals surface area contributed by atoms with Gasteiger partial charge in [0.15, 0.2) is 5.65 Å². The molecule has 1 amide bonds. The van der Waals surface area contributed by atoms with Crippen molar-refractivity contribution in [3.8, 4) is 11.3 Å². The lowest BCUT2D eigenvalue weighted by atomic mass is 9.96. The molecule has 2 N–H and O–H groups in total. The van der Waals surface area contributed by atoms with Crippen molar-refractivity contribution in [1.29, 1.82) is 0 Å². The van der Waals surface area contributed by atoms with Crippen LogP contribution >= 0.6 is 0 Å². The van der Waals surface area contributed by atoms with Gasteiger partial charge in [-0.25, -0.2) is 9.67 Å². The fourth-order valence-corrected chi connectivity index (χ4v) is 4.00. The Morgan fingerprint density at radius 3 is 2.86 bits per heavy atom. The first-order valence-corrected chi connectivity index (χ1v) is 10.6. The first-order valence-electron chi connectivity index (χ1n) is 10.6. The minimum atomic E-state index is -0.0540. The number of carbonyl (C=O) groups excluding carboxylic acids is 1. The number of fused-ring (bicyclic) bond motifs is 1. The van der Waals surface area contributed by atoms with Crippen LogP contribution < -0.4 is 10.6 Å². The van der Waals surface area contributed by atoms with Crippen molar-refractivity contribution in [2.75, 3.05) is 19.6 Å². The van der Waals surface area contributed by atoms with Crippen LogP contribution in [0.4, 0.5) is 0 Å². The van der Waals surface area contributed by atoms with Crippen LogP contribution in [0.1, 0.15) is 49.5 Å². The summed E-state index contributed by atoms with van der Waals surface area (Å²) in [7, 11) is 0. The lowest BCUT2D eigenvalue weighted by Gasteiger charge is -2.22. The summed E-state index contributed by atoms with van der Waals surface area (Å²) in [6.45, 7) is 6.99. The first-order chi connectivity index (χ1) is 14.1. The summed E-state index contributed by atoms with van der Waals surface area (Å²) in [6, 6.07) is 12.0. The SMILES string of the molecule is CC(C)n1ncc2c(C(=O)NCCC3CCCNC3)cc(-c3ccccc3)nc21. The Labute approximate surface area is 171 Å². The van der Waals surface area contributed by atoms with Crippen molar-refractivity contribution >= 4 is 16.9 Å². The molecule has 0 bridgehead atoms. The van der Waals surface area contributed by atoms with E-state index in [2.05, 4.69) is 29.6 Å². The molecule has 2 aromatic heterocycles. The number of rotatable bonds is 6. The van der Waals surface area contributed by atoms with E-state index in [4.69, 9.17) is 4.98 Å². The van der Waals surface area contributed by atoms with Crippen LogP contribution in [-0.4, -0.2) is 40.3 Å². The van der Waals surface area contributed by atoms with E-state index in [0.29, 0.717) is 18.0 Å². The molecule has 0 saturated carbocycles. The summed E-state index contributed by atoms with van der Waals surface area (Å²) in [4.78, 5) is 17.9. The lowest BCUT2D eigenvalue weighted by Crippen LogP contribution is -2.33. The summed E-state index contributed by atoms with van der Waals surface area (Å²) in [5.41, 5.74) is 3.18. The van der Waals surface area contributed by atoms with Gasteiger partial charge in [-0.2, -0.15) is 5.10 Å². The van der Waals surface area contributed by atoms with E-state index in [1.807, 2.05) is 41.1 Å². The molecule has 1 atom stereocenters. The van der Waals surface area contributed by atoms with Crippen LogP contribution in [0.5, 0.6) is 0 Å². The van der Waals surface area contributed by atoms with Gasteiger partial charge in [0.25, 0.3) is 5.91 Å². The Bertz CT molecular complexity index is 974. The van der Waals surface area contributed by atoms with Crippen molar-refractivity contribution in [3.63, 3.8) is 0 Å². The maximum Gasteiger partial charge on any atom is 0.252 e. The molecule has 6 heteroatoms. The third kappa shape index (κ3) is 4.32. The maximum atomic E-state index is 13.1. The van der Waals surface area contributed by atoms with Crippen molar-refractivity contribution in [2.24, 2.45) is 5.92 Å². The molecule has 6 nitrogen and oxygen atoms in total. The molecule has 1 aliphatic rings. The molecule has 1 saturated heterocycles. The Morgan fingerprint density at radius 2 is 2.14 bits per heavy atom. The standard InChI is InChI=1S/C23H29N5O/c1-16(2)28-22-20(15-26-28)19(13-21(27-22)18-8-4-3-5-9-18)23(29)25-12-10-17-7-6-11-24-14-17/h3-5,8-9,13,15-17,24H,6-7,10-12,14H2,1-2H3,(H,25,29). The van der Waals surface area contributed by atoms with E-state index in [1.165, 1.54) is 12.8 Å². The Balaban J connectivity index is 1.62. The highest BCUT2D eigenvalue weighted by atomic mass is 16.1. The van der Waals surface area contributed by atoms with Gasteiger partial charge in [-0.15, -0.1) is 0 Å². The average Bonchev–Trinajstić information content (AvgIpc) is 3.19. The number of nitrogens with one attached hydrogen (secondary N) is 2. The van der Waals surface area contributed by atoms with E-state index >= 15 is 0 Å². The highest BCUT2D eigenvalue weighted by molar-refractivity contribution is 6.06. The van der Waals surface area contributed by atoms with Crippen LogP contribution in [0.15, 0.2) is 42.6 Å². The minimum Gasteiger partial charge on any atom is -0.352 e. The van der Waals surface area contributed by atoms with E-state index in [9.17, 15) is 4.79 Å². The van der Waals surface area contributed by atoms with Gasteiger partial charge in [0.05, 0.1) is 22.8 Å². The highest BCUT2D eigenvalue weighted by Gasteiger charge is 2.19. The molecule has 152 valence electrons. The molecule has 3 aromatic rings. The maximum absolute atomic E-state index is 13.1. The molecule has 1 fully saturated rings. The monoisotopic (exact) mass is 391 g/mol. The van der Waals surface area contributed by atoms with Crippen molar-refractivity contribution in [1.82, 2.24) is 25.4 Å². The van der Waals surface area contributed by atoms with E-state index in [-0.39, 0.29) is 11.9 Å². The van der Waals surface area contributed by atoms with E-state index < -0.39 is 0 Å². The van der Waals surface area contributed by atoms with Crippen LogP contribution in [0.3, 0.4) is 0 Å². The molecule has 0 aliphatic carbocycles. The first kappa shape index (κ1) is 19.6. The highest BCUT2D eigenvalue weighted by Crippen LogP contribution is 2.26. The van der Waals surface area contributed by atoms with Crippen LogP contribution in [0.2, 0.25) is 0 Å². The molecule has 1 unspecified atom stereocenters. The summed E-state index contributed by atoms with van der Waals surface area (Å²) >= 11 is 0. The van der Waals surface area contributed by atoms with Crippen molar-refractivity contribution < 1.29 is 4.79 Å². The number of pyridine rings is 1. The van der Waals surface area contributed by atoms with Gasteiger partial charge in [-0.1, -0.05) is 30.3 Å². The fraction of sp³-hybridized carbons (Fsp3) is 0.435. The number of aromatic nitrogens is 3. The van der Waals surface area contributed by atoms with Crippen LogP contribution in [-0.2, 0) is 0 Å². The summed E-state index contributed by atoms with van der Waals surface area (Å²) < 4.78 is 1.88. The van der Waals surface area contributed by atoms with Gasteiger partial charge in [0.1, 0.15) is 0 Å². The second-order valence-electron chi connectivity index (χ2n) is 8.10. The number of carbonyl (C=O) groups is 1. The number of hydrogen-bond acceptors (Lipinski definition) is 4. The molecule has 3 heterocycles. The second kappa shape index (κ2) is 8.74. The van der Waals surface area contributed by atoms with E-state index in [0.717, 1.165) is 41.8 Å². The molecule has 1 aromatic carbocycles. The minimum absolute atomic E-state index is 0.0540. The predicted molar refractivity (Wildman–Crippen MR) is 116 cm³/mol. The Morgan fingerprint density at radius 1 is 1.31 bits per heavy atom. The number of benzene rings is 1. The van der Waals surface area contributed by atoms with Gasteiger partial charge < -0.3 is 10.6 Å². The number of piperidine rings is 1. The molecular weight excluding hydrogens is 362 g/mol. The topological polar surface area (TPSA) is 71.8 Å². The summed E-state index contributed by atoms with van der Waals surface area (Å²) in [5, 5.41) is 11.9. The molecule has 1 aliphatic heterocycles. The van der Waals surface area contributed by atoms with Gasteiger partial charge in [0.2, 0.25) is 0 Å². The van der Waals surface area contributed by atoms with Gasteiger partial charge in [-0.05, 0) is 58.2 Å². The van der Waals surface area contributed by atoms with Crippen LogP contribution in [0, 0.1) is 5.92 Å². The molecule has 0 spiro atoms. The van der Waals surface area contributed by atoms with E-state index in [1.54, 1.807) is 6.20 Å². The zero-order valence-electron chi connectivity index (χ0n) is 17.2. The number of nitrogens with zero attached hydrogens (tertiary/aromatic N) is 3. The number of hydrogen-bond donors (Lipinski definition) is 2. The third-order valence-electron chi connectivity index (χ3n) is 5.61. The Kier molecular flexibility index (Phi) is 5.90. The second-order valence-corrected chi connectivity index (χ2v) is 8.10. The number of amides is 1. The van der Waals surface area contributed by atoms with Crippen molar-refractivity contribution in [3.05, 3.63) is 48.2 Å². The molecular formula is C23H29N5O. The zero-order valence-corrected chi connectivity index (χ0v) is 17.2. The largest absolute Gasteiger partial charge is 0.352 e. The van der Waals surface area contributed by atoms with Gasteiger partial charge in [0, 0.05) is 18.2 Å². The smallest absolute Gasteiger partial charge is 0.252 e. The normalized spacial score (nSPS) is 17.0. The molecule has 0 radical (unpaired) electrons.